The Balaban J connectivity index is 0.00000220. The van der Waals surface area contributed by atoms with Gasteiger partial charge < -0.3 is 15.4 Å². The van der Waals surface area contributed by atoms with Gasteiger partial charge in [-0.25, -0.2) is 4.39 Å². The van der Waals surface area contributed by atoms with Gasteiger partial charge in [-0.1, -0.05) is 0 Å². The standard InChI is InChI=1S/C14H19FN2O2S.ClH/c1-9-13(16-5-6-19-9)14(18)17-8-10-7-11(15)3-4-12(10)20-2;/h3-4,7,9,13,16H,5-6,8H2,1-2H3,(H,17,18);1H/t9-,13+;/m1./s1. The lowest BCUT2D eigenvalue weighted by atomic mass is 10.1. The summed E-state index contributed by atoms with van der Waals surface area (Å²) in [6, 6.07) is 4.26. The van der Waals surface area contributed by atoms with Crippen LogP contribution in [0.15, 0.2) is 23.1 Å². The first kappa shape index (κ1) is 18.2. The van der Waals surface area contributed by atoms with Crippen LogP contribution in [0.2, 0.25) is 0 Å². The van der Waals surface area contributed by atoms with E-state index in [2.05, 4.69) is 10.6 Å². The third-order valence-corrected chi connectivity index (χ3v) is 4.13. The molecule has 1 amide bonds. The van der Waals surface area contributed by atoms with Crippen molar-refractivity contribution < 1.29 is 13.9 Å². The topological polar surface area (TPSA) is 50.4 Å². The summed E-state index contributed by atoms with van der Waals surface area (Å²) in [6.45, 7) is 3.47. The van der Waals surface area contributed by atoms with Crippen molar-refractivity contribution in [2.75, 3.05) is 19.4 Å². The van der Waals surface area contributed by atoms with Crippen LogP contribution in [0.25, 0.3) is 0 Å². The summed E-state index contributed by atoms with van der Waals surface area (Å²) in [7, 11) is 0. The number of benzene rings is 1. The number of nitrogens with one attached hydrogen (secondary N) is 2. The van der Waals surface area contributed by atoms with E-state index in [1.165, 1.54) is 23.9 Å². The van der Waals surface area contributed by atoms with Crippen molar-refractivity contribution in [3.8, 4) is 0 Å². The Kier molecular flexibility index (Phi) is 7.45. The highest BCUT2D eigenvalue weighted by Crippen LogP contribution is 2.21. The Morgan fingerprint density at radius 3 is 3.00 bits per heavy atom. The molecule has 1 aromatic rings. The number of carbonyl (C=O) groups excluding carboxylic acids is 1. The van der Waals surface area contributed by atoms with E-state index in [0.29, 0.717) is 19.7 Å². The van der Waals surface area contributed by atoms with Crippen molar-refractivity contribution in [2.24, 2.45) is 0 Å². The Morgan fingerprint density at radius 2 is 2.33 bits per heavy atom. The Morgan fingerprint density at radius 1 is 1.57 bits per heavy atom. The van der Waals surface area contributed by atoms with Gasteiger partial charge in [0.15, 0.2) is 0 Å². The van der Waals surface area contributed by atoms with E-state index in [-0.39, 0.29) is 36.3 Å². The smallest absolute Gasteiger partial charge is 0.240 e. The normalized spacial score (nSPS) is 21.5. The molecule has 0 radical (unpaired) electrons. The number of hydrogen-bond acceptors (Lipinski definition) is 4. The molecule has 1 fully saturated rings. The van der Waals surface area contributed by atoms with Crippen LogP contribution in [-0.2, 0) is 16.1 Å². The predicted molar refractivity (Wildman–Crippen MR) is 84.5 cm³/mol. The molecule has 0 aliphatic carbocycles. The molecule has 0 saturated carbocycles. The molecule has 21 heavy (non-hydrogen) atoms. The van der Waals surface area contributed by atoms with Crippen molar-refractivity contribution >= 4 is 30.1 Å². The molecule has 1 aliphatic heterocycles. The summed E-state index contributed by atoms with van der Waals surface area (Å²) in [6.07, 6.45) is 1.77. The van der Waals surface area contributed by atoms with Gasteiger partial charge in [0.05, 0.1) is 12.7 Å². The zero-order chi connectivity index (χ0) is 14.5. The van der Waals surface area contributed by atoms with E-state index in [0.717, 1.165) is 10.5 Å². The highest BCUT2D eigenvalue weighted by Gasteiger charge is 2.28. The van der Waals surface area contributed by atoms with Crippen LogP contribution in [0, 0.1) is 5.82 Å². The minimum absolute atomic E-state index is 0. The molecule has 1 heterocycles. The van der Waals surface area contributed by atoms with Crippen LogP contribution >= 0.6 is 24.2 Å². The molecule has 0 spiro atoms. The Hall–Kier alpha value is -0.820. The number of morpholine rings is 1. The van der Waals surface area contributed by atoms with Crippen LogP contribution in [0.1, 0.15) is 12.5 Å². The fraction of sp³-hybridized carbons (Fsp3) is 0.500. The lowest BCUT2D eigenvalue weighted by Gasteiger charge is -2.29. The highest BCUT2D eigenvalue weighted by molar-refractivity contribution is 7.98. The van der Waals surface area contributed by atoms with Gasteiger partial charge in [0.1, 0.15) is 11.9 Å². The monoisotopic (exact) mass is 334 g/mol. The SMILES string of the molecule is CSc1ccc(F)cc1CNC(=O)[C@H]1NCCO[C@@H]1C.Cl. The second-order valence-corrected chi connectivity index (χ2v) is 5.53. The van der Waals surface area contributed by atoms with E-state index < -0.39 is 0 Å². The van der Waals surface area contributed by atoms with Gasteiger partial charge in [0, 0.05) is 18.0 Å². The quantitative estimate of drug-likeness (QED) is 0.827. The molecule has 0 bridgehead atoms. The number of ether oxygens (including phenoxy) is 1. The van der Waals surface area contributed by atoms with Crippen molar-refractivity contribution in [3.05, 3.63) is 29.6 Å². The number of rotatable bonds is 4. The number of carbonyl (C=O) groups is 1. The molecular formula is C14H20ClFN2O2S. The molecule has 0 aromatic heterocycles. The molecule has 4 nitrogen and oxygen atoms in total. The van der Waals surface area contributed by atoms with E-state index in [4.69, 9.17) is 4.74 Å². The minimum atomic E-state index is -0.352. The maximum atomic E-state index is 13.3. The minimum Gasteiger partial charge on any atom is -0.375 e. The summed E-state index contributed by atoms with van der Waals surface area (Å²) < 4.78 is 18.7. The largest absolute Gasteiger partial charge is 0.375 e. The molecule has 1 aromatic carbocycles. The maximum absolute atomic E-state index is 13.3. The molecule has 2 N–H and O–H groups in total. The highest BCUT2D eigenvalue weighted by atomic mass is 35.5. The lowest BCUT2D eigenvalue weighted by Crippen LogP contribution is -2.55. The number of amides is 1. The summed E-state index contributed by atoms with van der Waals surface area (Å²) in [5, 5.41) is 5.97. The second kappa shape index (κ2) is 8.58. The molecule has 2 rings (SSSR count). The number of thioether (sulfide) groups is 1. The molecule has 2 atom stereocenters. The van der Waals surface area contributed by atoms with E-state index in [9.17, 15) is 9.18 Å². The third-order valence-electron chi connectivity index (χ3n) is 3.29. The number of halogens is 2. The molecule has 1 aliphatic rings. The molecule has 0 unspecified atom stereocenters. The fourth-order valence-electron chi connectivity index (χ4n) is 2.20. The van der Waals surface area contributed by atoms with Crippen LogP contribution in [-0.4, -0.2) is 37.5 Å². The van der Waals surface area contributed by atoms with E-state index in [1.807, 2.05) is 13.2 Å². The second-order valence-electron chi connectivity index (χ2n) is 4.68. The first-order valence-electron chi connectivity index (χ1n) is 6.57. The van der Waals surface area contributed by atoms with Gasteiger partial charge in [-0.05, 0) is 36.9 Å². The lowest BCUT2D eigenvalue weighted by molar-refractivity contribution is -0.129. The summed E-state index contributed by atoms with van der Waals surface area (Å²) in [5.41, 5.74) is 0.787. The summed E-state index contributed by atoms with van der Waals surface area (Å²) in [5.74, 6) is -0.409. The maximum Gasteiger partial charge on any atom is 0.240 e. The number of hydrogen-bond donors (Lipinski definition) is 2. The van der Waals surface area contributed by atoms with Crippen molar-refractivity contribution in [2.45, 2.75) is 30.5 Å². The molecule has 7 heteroatoms. The first-order valence-corrected chi connectivity index (χ1v) is 7.79. The predicted octanol–water partition coefficient (Wildman–Crippen LogP) is 1.96. The average molecular weight is 335 g/mol. The van der Waals surface area contributed by atoms with Gasteiger partial charge >= 0.3 is 0 Å². The Labute approximate surface area is 134 Å². The third kappa shape index (κ3) is 4.85. The Bertz CT molecular complexity index is 490. The van der Waals surface area contributed by atoms with Crippen LogP contribution < -0.4 is 10.6 Å². The summed E-state index contributed by atoms with van der Waals surface area (Å²) >= 11 is 1.53. The van der Waals surface area contributed by atoms with Crippen LogP contribution in [0.5, 0.6) is 0 Å². The van der Waals surface area contributed by atoms with Gasteiger partial charge in [-0.2, -0.15) is 0 Å². The van der Waals surface area contributed by atoms with E-state index in [1.54, 1.807) is 6.07 Å². The van der Waals surface area contributed by atoms with Crippen LogP contribution in [0.4, 0.5) is 4.39 Å². The molecular weight excluding hydrogens is 315 g/mol. The zero-order valence-corrected chi connectivity index (χ0v) is 13.7. The van der Waals surface area contributed by atoms with Crippen molar-refractivity contribution in [3.63, 3.8) is 0 Å². The van der Waals surface area contributed by atoms with Gasteiger partial charge in [0.25, 0.3) is 0 Å². The van der Waals surface area contributed by atoms with Crippen molar-refractivity contribution in [1.29, 1.82) is 0 Å². The summed E-state index contributed by atoms with van der Waals surface area (Å²) in [4.78, 5) is 13.1. The molecule has 118 valence electrons. The van der Waals surface area contributed by atoms with Gasteiger partial charge in [-0.3, -0.25) is 4.79 Å². The average Bonchev–Trinajstić information content (AvgIpc) is 2.45. The van der Waals surface area contributed by atoms with Gasteiger partial charge in [0.2, 0.25) is 5.91 Å². The fourth-order valence-corrected chi connectivity index (χ4v) is 2.80. The van der Waals surface area contributed by atoms with E-state index >= 15 is 0 Å². The first-order chi connectivity index (χ1) is 9.61. The van der Waals surface area contributed by atoms with Crippen LogP contribution in [0.3, 0.4) is 0 Å². The van der Waals surface area contributed by atoms with Gasteiger partial charge in [-0.15, -0.1) is 24.2 Å². The zero-order valence-electron chi connectivity index (χ0n) is 12.0. The molecule has 1 saturated heterocycles. The van der Waals surface area contributed by atoms with Crippen molar-refractivity contribution in [1.82, 2.24) is 10.6 Å².